The molecular formula is C25H19N3S. The van der Waals surface area contributed by atoms with E-state index in [-0.39, 0.29) is 0 Å². The predicted octanol–water partition coefficient (Wildman–Crippen LogP) is 6.68. The van der Waals surface area contributed by atoms with E-state index in [0.29, 0.717) is 6.67 Å². The zero-order chi connectivity index (χ0) is 19.6. The third kappa shape index (κ3) is 3.08. The highest BCUT2D eigenvalue weighted by Crippen LogP contribution is 2.30. The molecule has 0 aliphatic rings. The monoisotopic (exact) mass is 393 g/mol. The third-order valence-electron chi connectivity index (χ3n) is 5.16. The van der Waals surface area contributed by atoms with E-state index in [1.54, 1.807) is 11.3 Å². The molecule has 5 rings (SSSR count). The number of fused-ring (bicyclic) bond motifs is 3. The Hall–Kier alpha value is -3.50. The maximum absolute atomic E-state index is 5.09. The molecule has 0 unspecified atom stereocenters. The number of aliphatic imine (C=N–C) groups is 2. The number of aromatic nitrogens is 1. The molecule has 2 aromatic heterocycles. The lowest BCUT2D eigenvalue weighted by atomic mass is 10.0. The van der Waals surface area contributed by atoms with Gasteiger partial charge in [0, 0.05) is 32.7 Å². The van der Waals surface area contributed by atoms with Crippen molar-refractivity contribution in [3.63, 3.8) is 0 Å². The zero-order valence-corrected chi connectivity index (χ0v) is 16.6. The molecular weight excluding hydrogens is 374 g/mol. The summed E-state index contributed by atoms with van der Waals surface area (Å²) in [5.41, 5.74) is 6.30. The molecule has 0 radical (unpaired) electrons. The van der Waals surface area contributed by atoms with E-state index in [1.165, 1.54) is 21.8 Å². The summed E-state index contributed by atoms with van der Waals surface area (Å²) in [5, 5.41) is 6.62. The largest absolute Gasteiger partial charge is 0.320 e. The fraction of sp³-hybridized carbons (Fsp3) is 0.0400. The van der Waals surface area contributed by atoms with Crippen molar-refractivity contribution in [3.05, 3.63) is 101 Å². The lowest BCUT2D eigenvalue weighted by molar-refractivity contribution is 0.793. The van der Waals surface area contributed by atoms with Crippen LogP contribution in [0.4, 0.5) is 5.69 Å². The third-order valence-corrected chi connectivity index (χ3v) is 5.90. The number of nitrogens with zero attached hydrogens (tertiary/aromatic N) is 3. The van der Waals surface area contributed by atoms with E-state index < -0.39 is 0 Å². The molecule has 140 valence electrons. The van der Waals surface area contributed by atoms with Crippen molar-refractivity contribution in [2.75, 3.05) is 0 Å². The Balaban J connectivity index is 1.69. The van der Waals surface area contributed by atoms with Gasteiger partial charge in [-0.15, -0.1) is 11.3 Å². The quantitative estimate of drug-likeness (QED) is 0.298. The van der Waals surface area contributed by atoms with Gasteiger partial charge in [-0.1, -0.05) is 66.7 Å². The second kappa shape index (κ2) is 7.49. The van der Waals surface area contributed by atoms with Crippen LogP contribution in [-0.2, 0) is 6.67 Å². The predicted molar refractivity (Wildman–Crippen MR) is 125 cm³/mol. The zero-order valence-electron chi connectivity index (χ0n) is 15.8. The second-order valence-electron chi connectivity index (χ2n) is 6.81. The Kier molecular flexibility index (Phi) is 4.54. The van der Waals surface area contributed by atoms with Crippen LogP contribution in [0.5, 0.6) is 0 Å². The minimum atomic E-state index is 0.532. The Bertz CT molecular complexity index is 1290. The van der Waals surface area contributed by atoms with Crippen LogP contribution in [0.2, 0.25) is 0 Å². The number of thiophene rings is 1. The molecule has 0 saturated carbocycles. The molecule has 5 aromatic rings. The van der Waals surface area contributed by atoms with E-state index in [9.17, 15) is 0 Å². The highest BCUT2D eigenvalue weighted by atomic mass is 32.1. The molecule has 3 nitrogen and oxygen atoms in total. The molecule has 0 amide bonds. The molecule has 29 heavy (non-hydrogen) atoms. The SMILES string of the molecule is C=Nc1cscc1/C(=N\Cn1c2ccccc2c2ccccc21)c1ccccc1. The number of para-hydroxylation sites is 2. The van der Waals surface area contributed by atoms with Gasteiger partial charge in [-0.25, -0.2) is 0 Å². The van der Waals surface area contributed by atoms with Crippen molar-refractivity contribution < 1.29 is 0 Å². The molecule has 0 fully saturated rings. The summed E-state index contributed by atoms with van der Waals surface area (Å²) in [5.74, 6) is 0. The topological polar surface area (TPSA) is 29.6 Å². The highest BCUT2D eigenvalue weighted by molar-refractivity contribution is 7.08. The van der Waals surface area contributed by atoms with Gasteiger partial charge in [0.05, 0.1) is 22.4 Å². The van der Waals surface area contributed by atoms with Crippen molar-refractivity contribution >= 4 is 51.3 Å². The van der Waals surface area contributed by atoms with Crippen LogP contribution in [0.3, 0.4) is 0 Å². The van der Waals surface area contributed by atoms with Gasteiger partial charge in [0.15, 0.2) is 0 Å². The van der Waals surface area contributed by atoms with Crippen LogP contribution >= 0.6 is 11.3 Å². The highest BCUT2D eigenvalue weighted by Gasteiger charge is 2.14. The van der Waals surface area contributed by atoms with Crippen molar-refractivity contribution in [2.45, 2.75) is 6.67 Å². The first-order valence-electron chi connectivity index (χ1n) is 9.46. The molecule has 0 N–H and O–H groups in total. The molecule has 0 atom stereocenters. The Labute approximate surface area is 173 Å². The molecule has 0 bridgehead atoms. The second-order valence-corrected chi connectivity index (χ2v) is 7.55. The van der Waals surface area contributed by atoms with Gasteiger partial charge in [-0.05, 0) is 18.9 Å². The molecule has 3 aromatic carbocycles. The van der Waals surface area contributed by atoms with Gasteiger partial charge in [-0.2, -0.15) is 0 Å². The van der Waals surface area contributed by atoms with E-state index >= 15 is 0 Å². The summed E-state index contributed by atoms with van der Waals surface area (Å²) >= 11 is 1.62. The average molecular weight is 394 g/mol. The summed E-state index contributed by atoms with van der Waals surface area (Å²) in [6.07, 6.45) is 0. The molecule has 2 heterocycles. The first kappa shape index (κ1) is 17.6. The molecule has 4 heteroatoms. The summed E-state index contributed by atoms with van der Waals surface area (Å²) in [7, 11) is 0. The van der Waals surface area contributed by atoms with E-state index in [1.807, 2.05) is 23.6 Å². The maximum atomic E-state index is 5.09. The molecule has 0 aliphatic carbocycles. The van der Waals surface area contributed by atoms with Gasteiger partial charge < -0.3 is 4.57 Å². The number of hydrogen-bond donors (Lipinski definition) is 0. The first-order chi connectivity index (χ1) is 14.4. The molecule has 0 spiro atoms. The smallest absolute Gasteiger partial charge is 0.115 e. The van der Waals surface area contributed by atoms with Crippen LogP contribution in [0, 0.1) is 0 Å². The van der Waals surface area contributed by atoms with E-state index in [4.69, 9.17) is 4.99 Å². The van der Waals surface area contributed by atoms with Gasteiger partial charge in [0.1, 0.15) is 6.67 Å². The summed E-state index contributed by atoms with van der Waals surface area (Å²) in [4.78, 5) is 9.28. The van der Waals surface area contributed by atoms with Crippen LogP contribution in [0.1, 0.15) is 11.1 Å². The summed E-state index contributed by atoms with van der Waals surface area (Å²) in [6, 6.07) is 27.3. The van der Waals surface area contributed by atoms with Crippen molar-refractivity contribution in [1.29, 1.82) is 0 Å². The molecule has 0 saturated heterocycles. The standard InChI is InChI=1S/C25H19N3S/c1-26-22-16-29-15-21(22)25(18-9-3-2-4-10-18)27-17-28-23-13-7-5-11-19(23)20-12-6-8-14-24(20)28/h2-16H,1,17H2/b27-25-. The summed E-state index contributed by atoms with van der Waals surface area (Å²) in [6.45, 7) is 4.26. The first-order valence-corrected chi connectivity index (χ1v) is 10.4. The van der Waals surface area contributed by atoms with Crippen LogP contribution < -0.4 is 0 Å². The average Bonchev–Trinajstić information content (AvgIpc) is 3.38. The van der Waals surface area contributed by atoms with E-state index in [2.05, 4.69) is 82.3 Å². The molecule has 0 aliphatic heterocycles. The lowest BCUT2D eigenvalue weighted by Gasteiger charge is -2.09. The Morgan fingerprint density at radius 1 is 0.793 bits per heavy atom. The fourth-order valence-electron chi connectivity index (χ4n) is 3.82. The Morgan fingerprint density at radius 3 is 2.07 bits per heavy atom. The van der Waals surface area contributed by atoms with Gasteiger partial charge in [0.2, 0.25) is 0 Å². The van der Waals surface area contributed by atoms with Gasteiger partial charge in [-0.3, -0.25) is 9.98 Å². The fourth-order valence-corrected chi connectivity index (χ4v) is 4.58. The van der Waals surface area contributed by atoms with Gasteiger partial charge >= 0.3 is 0 Å². The summed E-state index contributed by atoms with van der Waals surface area (Å²) < 4.78 is 2.28. The lowest BCUT2D eigenvalue weighted by Crippen LogP contribution is -2.05. The normalized spacial score (nSPS) is 11.9. The van der Waals surface area contributed by atoms with Gasteiger partial charge in [0.25, 0.3) is 0 Å². The van der Waals surface area contributed by atoms with Crippen molar-refractivity contribution in [3.8, 4) is 0 Å². The van der Waals surface area contributed by atoms with Crippen LogP contribution in [-0.4, -0.2) is 17.0 Å². The Morgan fingerprint density at radius 2 is 1.41 bits per heavy atom. The van der Waals surface area contributed by atoms with E-state index in [0.717, 1.165) is 22.5 Å². The number of benzene rings is 3. The number of rotatable bonds is 5. The van der Waals surface area contributed by atoms with Crippen molar-refractivity contribution in [2.24, 2.45) is 9.98 Å². The van der Waals surface area contributed by atoms with Crippen LogP contribution in [0.15, 0.2) is 99.6 Å². The van der Waals surface area contributed by atoms with Crippen LogP contribution in [0.25, 0.3) is 21.8 Å². The maximum Gasteiger partial charge on any atom is 0.115 e. The number of hydrogen-bond acceptors (Lipinski definition) is 3. The minimum Gasteiger partial charge on any atom is -0.320 e. The minimum absolute atomic E-state index is 0.532. The van der Waals surface area contributed by atoms with Crippen molar-refractivity contribution in [1.82, 2.24) is 4.57 Å².